The van der Waals surface area contributed by atoms with E-state index >= 15 is 0 Å². The summed E-state index contributed by atoms with van der Waals surface area (Å²) in [6.07, 6.45) is 0. The molecule has 0 bridgehead atoms. The van der Waals surface area contributed by atoms with Crippen LogP contribution in [0.5, 0.6) is 5.75 Å². The van der Waals surface area contributed by atoms with Crippen molar-refractivity contribution in [2.75, 3.05) is 24.2 Å². The van der Waals surface area contributed by atoms with E-state index in [9.17, 15) is 18.4 Å². The molecular weight excluding hydrogens is 332 g/mol. The van der Waals surface area contributed by atoms with Crippen LogP contribution in [0.2, 0.25) is 0 Å². The normalized spacial score (nSPS) is 10.2. The molecule has 132 valence electrons. The number of hydrogen-bond donors (Lipinski definition) is 3. The average molecular weight is 349 g/mol. The van der Waals surface area contributed by atoms with Gasteiger partial charge in [0.15, 0.2) is 0 Å². The van der Waals surface area contributed by atoms with Crippen molar-refractivity contribution in [1.29, 1.82) is 0 Å². The molecule has 0 saturated heterocycles. The number of carbonyl (C=O) groups is 2. The zero-order valence-electron chi connectivity index (χ0n) is 13.4. The molecule has 0 spiro atoms. The standard InChI is InChI=1S/C17H17F2N3O3/c1-20-16(24)11-6-2-3-7-12(11)21-10-15(23)22-13-8-4-5-9-14(13)25-17(18)19/h2-9,17,21H,10H2,1H3,(H,20,24)(H,22,23). The first kappa shape index (κ1) is 18.2. The molecule has 0 atom stereocenters. The predicted octanol–water partition coefficient (Wildman–Crippen LogP) is 2.70. The Morgan fingerprint density at radius 3 is 2.36 bits per heavy atom. The number of hydrogen-bond acceptors (Lipinski definition) is 4. The lowest BCUT2D eigenvalue weighted by Crippen LogP contribution is -2.24. The lowest BCUT2D eigenvalue weighted by atomic mass is 10.1. The molecule has 6 nitrogen and oxygen atoms in total. The van der Waals surface area contributed by atoms with Crippen LogP contribution in [-0.2, 0) is 4.79 Å². The quantitative estimate of drug-likeness (QED) is 0.718. The molecule has 8 heteroatoms. The molecule has 0 aliphatic carbocycles. The monoisotopic (exact) mass is 349 g/mol. The summed E-state index contributed by atoms with van der Waals surface area (Å²) >= 11 is 0. The van der Waals surface area contributed by atoms with Crippen LogP contribution in [-0.4, -0.2) is 32.0 Å². The minimum absolute atomic E-state index is 0.128. The Balaban J connectivity index is 2.02. The molecular formula is C17H17F2N3O3. The third kappa shape index (κ3) is 5.17. The third-order valence-corrected chi connectivity index (χ3v) is 3.22. The summed E-state index contributed by atoms with van der Waals surface area (Å²) in [4.78, 5) is 23.8. The summed E-state index contributed by atoms with van der Waals surface area (Å²) in [5.74, 6) is -0.896. The molecule has 25 heavy (non-hydrogen) atoms. The fourth-order valence-electron chi connectivity index (χ4n) is 2.11. The lowest BCUT2D eigenvalue weighted by Gasteiger charge is -2.13. The van der Waals surface area contributed by atoms with Crippen LogP contribution < -0.4 is 20.7 Å². The molecule has 0 heterocycles. The highest BCUT2D eigenvalue weighted by Gasteiger charge is 2.13. The van der Waals surface area contributed by atoms with E-state index in [1.54, 1.807) is 30.3 Å². The number of para-hydroxylation sites is 3. The number of alkyl halides is 2. The van der Waals surface area contributed by atoms with Crippen molar-refractivity contribution in [1.82, 2.24) is 5.32 Å². The van der Waals surface area contributed by atoms with Crippen LogP contribution in [0.15, 0.2) is 48.5 Å². The first-order chi connectivity index (χ1) is 12.0. The van der Waals surface area contributed by atoms with Crippen LogP contribution >= 0.6 is 0 Å². The number of rotatable bonds is 7. The van der Waals surface area contributed by atoms with E-state index in [2.05, 4.69) is 20.7 Å². The predicted molar refractivity (Wildman–Crippen MR) is 90.0 cm³/mol. The van der Waals surface area contributed by atoms with E-state index < -0.39 is 12.5 Å². The summed E-state index contributed by atoms with van der Waals surface area (Å²) in [5.41, 5.74) is 1.00. The van der Waals surface area contributed by atoms with Gasteiger partial charge in [-0.05, 0) is 24.3 Å². The fraction of sp³-hybridized carbons (Fsp3) is 0.176. The zero-order chi connectivity index (χ0) is 18.2. The smallest absolute Gasteiger partial charge is 0.387 e. The molecule has 2 rings (SSSR count). The second kappa shape index (κ2) is 8.62. The van der Waals surface area contributed by atoms with Gasteiger partial charge in [0.2, 0.25) is 5.91 Å². The Hall–Kier alpha value is -3.16. The SMILES string of the molecule is CNC(=O)c1ccccc1NCC(=O)Nc1ccccc1OC(F)F. The van der Waals surface area contributed by atoms with Crippen LogP contribution in [0.4, 0.5) is 20.2 Å². The second-order valence-electron chi connectivity index (χ2n) is 4.90. The van der Waals surface area contributed by atoms with Crippen molar-refractivity contribution in [3.8, 4) is 5.75 Å². The highest BCUT2D eigenvalue weighted by atomic mass is 19.3. The molecule has 0 saturated carbocycles. The molecule has 0 fully saturated rings. The highest BCUT2D eigenvalue weighted by molar-refractivity contribution is 6.01. The van der Waals surface area contributed by atoms with Gasteiger partial charge in [0, 0.05) is 12.7 Å². The molecule has 0 aliphatic heterocycles. The van der Waals surface area contributed by atoms with E-state index in [0.717, 1.165) is 0 Å². The summed E-state index contributed by atoms with van der Waals surface area (Å²) in [6, 6.07) is 12.6. The Morgan fingerprint density at radius 1 is 1.04 bits per heavy atom. The first-order valence-corrected chi connectivity index (χ1v) is 7.40. The Bertz CT molecular complexity index is 753. The van der Waals surface area contributed by atoms with Gasteiger partial charge in [-0.2, -0.15) is 8.78 Å². The maximum absolute atomic E-state index is 12.4. The van der Waals surface area contributed by atoms with Gasteiger partial charge in [-0.15, -0.1) is 0 Å². The van der Waals surface area contributed by atoms with Crippen LogP contribution in [0, 0.1) is 0 Å². The Kier molecular flexibility index (Phi) is 6.27. The number of anilines is 2. The number of carbonyl (C=O) groups excluding carboxylic acids is 2. The molecule has 0 aliphatic rings. The Morgan fingerprint density at radius 2 is 1.68 bits per heavy atom. The molecule has 2 amide bonds. The fourth-order valence-corrected chi connectivity index (χ4v) is 2.11. The van der Waals surface area contributed by atoms with E-state index in [4.69, 9.17) is 0 Å². The molecule has 0 radical (unpaired) electrons. The van der Waals surface area contributed by atoms with Gasteiger partial charge < -0.3 is 20.7 Å². The zero-order valence-corrected chi connectivity index (χ0v) is 13.4. The number of halogens is 2. The van der Waals surface area contributed by atoms with Gasteiger partial charge in [0.1, 0.15) is 5.75 Å². The highest BCUT2D eigenvalue weighted by Crippen LogP contribution is 2.25. The van der Waals surface area contributed by atoms with Gasteiger partial charge in [-0.1, -0.05) is 24.3 Å². The van der Waals surface area contributed by atoms with Gasteiger partial charge in [-0.25, -0.2) is 0 Å². The largest absolute Gasteiger partial charge is 0.433 e. The van der Waals surface area contributed by atoms with E-state index in [-0.39, 0.29) is 23.9 Å². The number of ether oxygens (including phenoxy) is 1. The van der Waals surface area contributed by atoms with Crippen molar-refractivity contribution in [2.45, 2.75) is 6.61 Å². The van der Waals surface area contributed by atoms with E-state index in [0.29, 0.717) is 11.3 Å². The van der Waals surface area contributed by atoms with Gasteiger partial charge in [0.05, 0.1) is 17.8 Å². The van der Waals surface area contributed by atoms with Gasteiger partial charge >= 0.3 is 6.61 Å². The maximum atomic E-state index is 12.4. The van der Waals surface area contributed by atoms with Crippen molar-refractivity contribution < 1.29 is 23.1 Å². The topological polar surface area (TPSA) is 79.5 Å². The minimum atomic E-state index is -2.99. The van der Waals surface area contributed by atoms with Crippen LogP contribution in [0.3, 0.4) is 0 Å². The second-order valence-corrected chi connectivity index (χ2v) is 4.90. The molecule has 0 aromatic heterocycles. The van der Waals surface area contributed by atoms with Gasteiger partial charge in [-0.3, -0.25) is 9.59 Å². The molecule has 2 aromatic carbocycles. The summed E-state index contributed by atoms with van der Waals surface area (Å²) < 4.78 is 29.1. The maximum Gasteiger partial charge on any atom is 0.387 e. The molecule has 3 N–H and O–H groups in total. The first-order valence-electron chi connectivity index (χ1n) is 7.40. The molecule has 0 unspecified atom stereocenters. The third-order valence-electron chi connectivity index (χ3n) is 3.22. The molecule has 2 aromatic rings. The summed E-state index contributed by atoms with van der Waals surface area (Å²) in [6.45, 7) is -3.15. The summed E-state index contributed by atoms with van der Waals surface area (Å²) in [7, 11) is 1.51. The number of amides is 2. The Labute approximate surface area is 143 Å². The number of benzene rings is 2. The van der Waals surface area contributed by atoms with E-state index in [1.807, 2.05) is 0 Å². The minimum Gasteiger partial charge on any atom is -0.433 e. The van der Waals surface area contributed by atoms with Gasteiger partial charge in [0.25, 0.3) is 5.91 Å². The average Bonchev–Trinajstić information content (AvgIpc) is 2.61. The van der Waals surface area contributed by atoms with Crippen molar-refractivity contribution >= 4 is 23.2 Å². The summed E-state index contributed by atoms with van der Waals surface area (Å²) in [5, 5.41) is 7.84. The number of nitrogens with one attached hydrogen (secondary N) is 3. The van der Waals surface area contributed by atoms with Crippen LogP contribution in [0.25, 0.3) is 0 Å². The lowest BCUT2D eigenvalue weighted by molar-refractivity contribution is -0.114. The van der Waals surface area contributed by atoms with E-state index in [1.165, 1.54) is 25.2 Å². The van der Waals surface area contributed by atoms with Crippen molar-refractivity contribution in [2.24, 2.45) is 0 Å². The van der Waals surface area contributed by atoms with Crippen molar-refractivity contribution in [3.63, 3.8) is 0 Å². The van der Waals surface area contributed by atoms with Crippen LogP contribution in [0.1, 0.15) is 10.4 Å². The van der Waals surface area contributed by atoms with Crippen molar-refractivity contribution in [3.05, 3.63) is 54.1 Å².